The average molecular weight is 309 g/mol. The van der Waals surface area contributed by atoms with Crippen molar-refractivity contribution in [3.05, 3.63) is 34.9 Å². The van der Waals surface area contributed by atoms with Gasteiger partial charge in [-0.15, -0.1) is 0 Å². The fraction of sp³-hybridized carbons (Fsp3) is 0.588. The van der Waals surface area contributed by atoms with Crippen molar-refractivity contribution in [3.63, 3.8) is 0 Å². The number of halogens is 1. The Morgan fingerprint density at radius 2 is 1.86 bits per heavy atom. The van der Waals surface area contributed by atoms with E-state index in [9.17, 15) is 4.79 Å². The van der Waals surface area contributed by atoms with E-state index >= 15 is 0 Å². The molecule has 1 unspecified atom stereocenters. The summed E-state index contributed by atoms with van der Waals surface area (Å²) in [5.41, 5.74) is 6.83. The smallest absolute Gasteiger partial charge is 0.225 e. The first kappa shape index (κ1) is 16.3. The highest BCUT2D eigenvalue weighted by Gasteiger charge is 2.29. The summed E-state index contributed by atoms with van der Waals surface area (Å²) in [4.78, 5) is 14.5. The Morgan fingerprint density at radius 1 is 1.29 bits per heavy atom. The lowest BCUT2D eigenvalue weighted by Crippen LogP contribution is -2.37. The van der Waals surface area contributed by atoms with Gasteiger partial charge in [0.05, 0.1) is 6.04 Å². The Morgan fingerprint density at radius 3 is 2.38 bits per heavy atom. The zero-order valence-electron chi connectivity index (χ0n) is 12.9. The molecule has 1 fully saturated rings. The molecule has 4 heteroatoms. The van der Waals surface area contributed by atoms with E-state index in [0.717, 1.165) is 42.8 Å². The lowest BCUT2D eigenvalue weighted by Gasteiger charge is -2.33. The molecule has 2 rings (SSSR count). The molecule has 1 aliphatic carbocycles. The molecule has 1 aromatic carbocycles. The fourth-order valence-corrected chi connectivity index (χ4v) is 3.21. The van der Waals surface area contributed by atoms with Crippen molar-refractivity contribution in [1.29, 1.82) is 0 Å². The molecular formula is C17H25ClN2O. The van der Waals surface area contributed by atoms with E-state index in [1.807, 2.05) is 36.2 Å². The molecule has 0 heterocycles. The number of hydrogen-bond donors (Lipinski definition) is 1. The van der Waals surface area contributed by atoms with Gasteiger partial charge in [0.15, 0.2) is 0 Å². The van der Waals surface area contributed by atoms with Crippen molar-refractivity contribution in [2.75, 3.05) is 13.6 Å². The van der Waals surface area contributed by atoms with Crippen LogP contribution in [0.15, 0.2) is 24.3 Å². The first-order chi connectivity index (χ1) is 10.0. The number of rotatable bonds is 4. The van der Waals surface area contributed by atoms with E-state index < -0.39 is 0 Å². The van der Waals surface area contributed by atoms with Crippen LogP contribution in [0.2, 0.25) is 5.02 Å². The molecule has 1 atom stereocenters. The van der Waals surface area contributed by atoms with Crippen molar-refractivity contribution in [2.45, 2.75) is 38.6 Å². The maximum Gasteiger partial charge on any atom is 0.225 e. The van der Waals surface area contributed by atoms with Gasteiger partial charge in [0, 0.05) is 18.0 Å². The minimum atomic E-state index is 0.0713. The number of hydrogen-bond acceptors (Lipinski definition) is 2. The number of benzene rings is 1. The van der Waals surface area contributed by atoms with Crippen LogP contribution in [0.5, 0.6) is 0 Å². The van der Waals surface area contributed by atoms with Crippen LogP contribution in [0.25, 0.3) is 0 Å². The maximum absolute atomic E-state index is 12.6. The molecule has 116 valence electrons. The molecule has 1 aliphatic rings. The SMILES string of the molecule is CC(c1ccc(Cl)cc1)N(C)C(=O)C1CCC(CN)CC1. The third kappa shape index (κ3) is 3.98. The summed E-state index contributed by atoms with van der Waals surface area (Å²) >= 11 is 5.92. The third-order valence-corrected chi connectivity index (χ3v) is 5.06. The third-order valence-electron chi connectivity index (χ3n) is 4.81. The molecule has 0 aliphatic heterocycles. The maximum atomic E-state index is 12.6. The number of nitrogens with two attached hydrogens (primary N) is 1. The Hall–Kier alpha value is -1.06. The topological polar surface area (TPSA) is 46.3 Å². The Kier molecular flexibility index (Phi) is 5.65. The summed E-state index contributed by atoms with van der Waals surface area (Å²) in [6, 6.07) is 7.79. The van der Waals surface area contributed by atoms with Gasteiger partial charge >= 0.3 is 0 Å². The molecule has 21 heavy (non-hydrogen) atoms. The normalized spacial score (nSPS) is 23.6. The number of carbonyl (C=O) groups is 1. The lowest BCUT2D eigenvalue weighted by atomic mass is 9.81. The molecule has 0 bridgehead atoms. The molecule has 1 amide bonds. The van der Waals surface area contributed by atoms with Gasteiger partial charge in [0.2, 0.25) is 5.91 Å². The predicted molar refractivity (Wildman–Crippen MR) is 87.1 cm³/mol. The second-order valence-corrected chi connectivity index (χ2v) is 6.57. The zero-order valence-corrected chi connectivity index (χ0v) is 13.6. The van der Waals surface area contributed by atoms with Crippen molar-refractivity contribution in [1.82, 2.24) is 4.90 Å². The highest BCUT2D eigenvalue weighted by atomic mass is 35.5. The van der Waals surface area contributed by atoms with Gasteiger partial charge in [-0.05, 0) is 62.8 Å². The van der Waals surface area contributed by atoms with E-state index in [2.05, 4.69) is 6.92 Å². The van der Waals surface area contributed by atoms with Crippen LogP contribution >= 0.6 is 11.6 Å². The molecule has 0 saturated heterocycles. The van der Waals surface area contributed by atoms with Crippen molar-refractivity contribution >= 4 is 17.5 Å². The van der Waals surface area contributed by atoms with Gasteiger partial charge in [-0.2, -0.15) is 0 Å². The van der Waals surface area contributed by atoms with Crippen molar-refractivity contribution in [3.8, 4) is 0 Å². The second kappa shape index (κ2) is 7.28. The second-order valence-electron chi connectivity index (χ2n) is 6.13. The largest absolute Gasteiger partial charge is 0.339 e. The summed E-state index contributed by atoms with van der Waals surface area (Å²) < 4.78 is 0. The summed E-state index contributed by atoms with van der Waals surface area (Å²) in [7, 11) is 1.90. The van der Waals surface area contributed by atoms with Crippen molar-refractivity contribution in [2.24, 2.45) is 17.6 Å². The number of amides is 1. The quantitative estimate of drug-likeness (QED) is 0.923. The molecule has 0 spiro atoms. The Balaban J connectivity index is 1.97. The molecule has 2 N–H and O–H groups in total. The summed E-state index contributed by atoms with van der Waals surface area (Å²) in [6.45, 7) is 2.81. The molecular weight excluding hydrogens is 284 g/mol. The monoisotopic (exact) mass is 308 g/mol. The standard InChI is InChI=1S/C17H25ClN2O/c1-12(14-7-9-16(18)10-8-14)20(2)17(21)15-5-3-13(11-19)4-6-15/h7-10,12-13,15H,3-6,11,19H2,1-2H3. The summed E-state index contributed by atoms with van der Waals surface area (Å²) in [5, 5.41) is 0.722. The Labute approximate surface area is 132 Å². The van der Waals surface area contributed by atoms with Gasteiger partial charge in [0.25, 0.3) is 0 Å². The first-order valence-corrected chi connectivity index (χ1v) is 8.13. The molecule has 1 aromatic rings. The Bertz CT molecular complexity index is 466. The van der Waals surface area contributed by atoms with E-state index in [-0.39, 0.29) is 17.9 Å². The molecule has 0 aromatic heterocycles. The molecule has 3 nitrogen and oxygen atoms in total. The summed E-state index contributed by atoms with van der Waals surface area (Å²) in [5.74, 6) is 1.02. The van der Waals surface area contributed by atoms with Crippen molar-refractivity contribution < 1.29 is 4.79 Å². The van der Waals surface area contributed by atoms with E-state index in [1.165, 1.54) is 0 Å². The van der Waals surface area contributed by atoms with Crippen LogP contribution in [0.4, 0.5) is 0 Å². The van der Waals surface area contributed by atoms with Crippen LogP contribution in [-0.2, 0) is 4.79 Å². The highest BCUT2D eigenvalue weighted by Crippen LogP contribution is 2.31. The minimum absolute atomic E-state index is 0.0713. The van der Waals surface area contributed by atoms with Gasteiger partial charge in [0.1, 0.15) is 0 Å². The lowest BCUT2D eigenvalue weighted by molar-refractivity contribution is -0.137. The van der Waals surface area contributed by atoms with E-state index in [4.69, 9.17) is 17.3 Å². The fourth-order valence-electron chi connectivity index (χ4n) is 3.09. The first-order valence-electron chi connectivity index (χ1n) is 7.75. The molecule has 0 radical (unpaired) electrons. The summed E-state index contributed by atoms with van der Waals surface area (Å²) in [6.07, 6.45) is 4.10. The van der Waals surface area contributed by atoms with Crippen LogP contribution < -0.4 is 5.73 Å². The van der Waals surface area contributed by atoms with E-state index in [0.29, 0.717) is 5.92 Å². The van der Waals surface area contributed by atoms with Crippen LogP contribution in [0.1, 0.15) is 44.2 Å². The highest BCUT2D eigenvalue weighted by molar-refractivity contribution is 6.30. The average Bonchev–Trinajstić information content (AvgIpc) is 2.53. The minimum Gasteiger partial charge on any atom is -0.339 e. The van der Waals surface area contributed by atoms with Crippen LogP contribution in [0, 0.1) is 11.8 Å². The van der Waals surface area contributed by atoms with Crippen LogP contribution in [-0.4, -0.2) is 24.4 Å². The number of carbonyl (C=O) groups excluding carboxylic acids is 1. The van der Waals surface area contributed by atoms with E-state index in [1.54, 1.807) is 0 Å². The van der Waals surface area contributed by atoms with Gasteiger partial charge in [-0.1, -0.05) is 23.7 Å². The van der Waals surface area contributed by atoms with Gasteiger partial charge in [-0.3, -0.25) is 4.79 Å². The molecule has 1 saturated carbocycles. The zero-order chi connectivity index (χ0) is 15.4. The van der Waals surface area contributed by atoms with Crippen LogP contribution in [0.3, 0.4) is 0 Å². The predicted octanol–water partition coefficient (Wildman–Crippen LogP) is 3.62. The van der Waals surface area contributed by atoms with Gasteiger partial charge < -0.3 is 10.6 Å². The van der Waals surface area contributed by atoms with Gasteiger partial charge in [-0.25, -0.2) is 0 Å². The number of nitrogens with zero attached hydrogens (tertiary/aromatic N) is 1.